The van der Waals surface area contributed by atoms with Crippen LogP contribution in [0.3, 0.4) is 0 Å². The fraction of sp³-hybridized carbons (Fsp3) is 0.200. The Labute approximate surface area is 85.3 Å². The molecule has 0 unspecified atom stereocenters. The summed E-state index contributed by atoms with van der Waals surface area (Å²) in [4.78, 5) is 14.9. The second-order valence-corrected chi connectivity index (χ2v) is 3.06. The predicted octanol–water partition coefficient (Wildman–Crippen LogP) is 1.84. The molecule has 5 heteroatoms. The van der Waals surface area contributed by atoms with Gasteiger partial charge in [-0.3, -0.25) is 0 Å². The van der Waals surface area contributed by atoms with E-state index in [0.717, 1.165) is 0 Å². The molecule has 1 aromatic carbocycles. The number of methoxy groups -OCH3 is 1. The van der Waals surface area contributed by atoms with Crippen molar-refractivity contribution >= 4 is 17.1 Å². The van der Waals surface area contributed by atoms with Gasteiger partial charge in [-0.1, -0.05) is 0 Å². The Balaban J connectivity index is 2.76. The van der Waals surface area contributed by atoms with Crippen LogP contribution in [0.1, 0.15) is 16.2 Å². The van der Waals surface area contributed by atoms with Crippen molar-refractivity contribution in [3.05, 3.63) is 23.6 Å². The zero-order chi connectivity index (χ0) is 11.0. The molecule has 0 aliphatic carbocycles. The maximum atomic E-state index is 10.8. The number of fused-ring (bicyclic) bond motifs is 1. The highest BCUT2D eigenvalue weighted by Crippen LogP contribution is 2.27. The number of rotatable bonds is 2. The SMILES string of the molecule is COc1cc(C(=O)O)cc2nc(C)oc12. The molecule has 0 bridgehead atoms. The molecule has 15 heavy (non-hydrogen) atoms. The van der Waals surface area contributed by atoms with Crippen molar-refractivity contribution in [1.29, 1.82) is 0 Å². The van der Waals surface area contributed by atoms with E-state index in [4.69, 9.17) is 14.3 Å². The number of aromatic carboxylic acids is 1. The fourth-order valence-electron chi connectivity index (χ4n) is 1.39. The fourth-order valence-corrected chi connectivity index (χ4v) is 1.39. The lowest BCUT2D eigenvalue weighted by Crippen LogP contribution is -1.97. The van der Waals surface area contributed by atoms with E-state index in [1.165, 1.54) is 19.2 Å². The zero-order valence-electron chi connectivity index (χ0n) is 8.27. The van der Waals surface area contributed by atoms with Gasteiger partial charge in [0.2, 0.25) is 0 Å². The molecule has 0 amide bonds. The number of hydrogen-bond acceptors (Lipinski definition) is 4. The van der Waals surface area contributed by atoms with Gasteiger partial charge >= 0.3 is 5.97 Å². The average molecular weight is 207 g/mol. The highest BCUT2D eigenvalue weighted by molar-refractivity contribution is 5.94. The number of carbonyl (C=O) groups is 1. The number of oxazole rings is 1. The molecule has 0 fully saturated rings. The number of benzene rings is 1. The first kappa shape index (κ1) is 9.51. The summed E-state index contributed by atoms with van der Waals surface area (Å²) in [7, 11) is 1.46. The van der Waals surface area contributed by atoms with E-state index in [-0.39, 0.29) is 5.56 Å². The Kier molecular flexibility index (Phi) is 2.07. The standard InChI is InChI=1S/C10H9NO4/c1-5-11-7-3-6(10(12)13)4-8(14-2)9(7)15-5/h3-4H,1-2H3,(H,12,13). The van der Waals surface area contributed by atoms with Crippen LogP contribution in [0.15, 0.2) is 16.5 Å². The molecule has 0 spiro atoms. The number of ether oxygens (including phenoxy) is 1. The van der Waals surface area contributed by atoms with Crippen LogP contribution in [0.25, 0.3) is 11.1 Å². The van der Waals surface area contributed by atoms with Crippen LogP contribution in [0, 0.1) is 6.92 Å². The normalized spacial score (nSPS) is 10.5. The van der Waals surface area contributed by atoms with E-state index in [2.05, 4.69) is 4.98 Å². The Hall–Kier alpha value is -2.04. The molecule has 1 aromatic heterocycles. The first-order valence-corrected chi connectivity index (χ1v) is 4.30. The Morgan fingerprint density at radius 2 is 2.27 bits per heavy atom. The zero-order valence-corrected chi connectivity index (χ0v) is 8.27. The first-order valence-electron chi connectivity index (χ1n) is 4.30. The van der Waals surface area contributed by atoms with Crippen LogP contribution in [-0.2, 0) is 0 Å². The minimum Gasteiger partial charge on any atom is -0.493 e. The lowest BCUT2D eigenvalue weighted by atomic mass is 10.2. The van der Waals surface area contributed by atoms with Gasteiger partial charge in [0.25, 0.3) is 0 Å². The lowest BCUT2D eigenvalue weighted by molar-refractivity contribution is 0.0696. The van der Waals surface area contributed by atoms with Gasteiger partial charge in [0.05, 0.1) is 12.7 Å². The Bertz CT molecular complexity index is 529. The molecular formula is C10H9NO4. The van der Waals surface area contributed by atoms with Gasteiger partial charge in [-0.25, -0.2) is 9.78 Å². The van der Waals surface area contributed by atoms with Crippen molar-refractivity contribution in [3.63, 3.8) is 0 Å². The third-order valence-electron chi connectivity index (χ3n) is 2.03. The van der Waals surface area contributed by atoms with E-state index in [0.29, 0.717) is 22.7 Å². The summed E-state index contributed by atoms with van der Waals surface area (Å²) >= 11 is 0. The van der Waals surface area contributed by atoms with Gasteiger partial charge in [0.15, 0.2) is 17.2 Å². The van der Waals surface area contributed by atoms with Crippen LogP contribution in [0.5, 0.6) is 5.75 Å². The molecule has 78 valence electrons. The Morgan fingerprint density at radius 1 is 1.53 bits per heavy atom. The molecule has 0 aliphatic rings. The summed E-state index contributed by atoms with van der Waals surface area (Å²) in [5.41, 5.74) is 1.09. The minimum absolute atomic E-state index is 0.132. The van der Waals surface area contributed by atoms with Crippen molar-refractivity contribution in [3.8, 4) is 5.75 Å². The highest BCUT2D eigenvalue weighted by atomic mass is 16.5. The van der Waals surface area contributed by atoms with Gasteiger partial charge in [-0.15, -0.1) is 0 Å². The number of carboxylic acid groups (broad SMARTS) is 1. The molecule has 0 radical (unpaired) electrons. The molecule has 2 aromatic rings. The average Bonchev–Trinajstić information content (AvgIpc) is 2.56. The molecule has 0 saturated carbocycles. The van der Waals surface area contributed by atoms with Gasteiger partial charge in [-0.05, 0) is 12.1 Å². The van der Waals surface area contributed by atoms with Crippen molar-refractivity contribution in [2.24, 2.45) is 0 Å². The quantitative estimate of drug-likeness (QED) is 0.813. The number of nitrogens with zero attached hydrogens (tertiary/aromatic N) is 1. The summed E-state index contributed by atoms with van der Waals surface area (Å²) in [5, 5.41) is 8.86. The van der Waals surface area contributed by atoms with E-state index in [1.807, 2.05) is 0 Å². The largest absolute Gasteiger partial charge is 0.493 e. The van der Waals surface area contributed by atoms with Crippen LogP contribution >= 0.6 is 0 Å². The van der Waals surface area contributed by atoms with Crippen LogP contribution < -0.4 is 4.74 Å². The van der Waals surface area contributed by atoms with E-state index in [9.17, 15) is 4.79 Å². The van der Waals surface area contributed by atoms with Crippen LogP contribution in [0.2, 0.25) is 0 Å². The summed E-state index contributed by atoms with van der Waals surface area (Å²) < 4.78 is 10.3. The molecule has 0 atom stereocenters. The van der Waals surface area contributed by atoms with Crippen LogP contribution in [-0.4, -0.2) is 23.2 Å². The third-order valence-corrected chi connectivity index (χ3v) is 2.03. The first-order chi connectivity index (χ1) is 7.11. The maximum absolute atomic E-state index is 10.8. The van der Waals surface area contributed by atoms with E-state index in [1.54, 1.807) is 6.92 Å². The van der Waals surface area contributed by atoms with Gasteiger partial charge in [-0.2, -0.15) is 0 Å². The third kappa shape index (κ3) is 1.52. The molecular weight excluding hydrogens is 198 g/mol. The molecule has 5 nitrogen and oxygen atoms in total. The summed E-state index contributed by atoms with van der Waals surface area (Å²) in [6.07, 6.45) is 0. The summed E-state index contributed by atoms with van der Waals surface area (Å²) in [6, 6.07) is 2.87. The predicted molar refractivity (Wildman–Crippen MR) is 52.3 cm³/mol. The molecule has 1 N–H and O–H groups in total. The molecule has 2 rings (SSSR count). The second-order valence-electron chi connectivity index (χ2n) is 3.06. The minimum atomic E-state index is -1.02. The van der Waals surface area contributed by atoms with Gasteiger partial charge in [0, 0.05) is 6.92 Å². The second kappa shape index (κ2) is 3.27. The lowest BCUT2D eigenvalue weighted by Gasteiger charge is -2.01. The van der Waals surface area contributed by atoms with Crippen molar-refractivity contribution in [2.45, 2.75) is 6.92 Å². The Morgan fingerprint density at radius 3 is 2.87 bits per heavy atom. The van der Waals surface area contributed by atoms with Crippen LogP contribution in [0.4, 0.5) is 0 Å². The monoisotopic (exact) mass is 207 g/mol. The summed E-state index contributed by atoms with van der Waals surface area (Å²) in [6.45, 7) is 1.69. The van der Waals surface area contributed by atoms with Crippen molar-refractivity contribution in [2.75, 3.05) is 7.11 Å². The number of carboxylic acids is 1. The molecule has 0 saturated heterocycles. The maximum Gasteiger partial charge on any atom is 0.335 e. The topological polar surface area (TPSA) is 72.6 Å². The smallest absolute Gasteiger partial charge is 0.335 e. The van der Waals surface area contributed by atoms with Crippen molar-refractivity contribution < 1.29 is 19.1 Å². The molecule has 0 aliphatic heterocycles. The van der Waals surface area contributed by atoms with Gasteiger partial charge in [0.1, 0.15) is 5.52 Å². The van der Waals surface area contributed by atoms with Crippen molar-refractivity contribution in [1.82, 2.24) is 4.98 Å². The molecule has 1 heterocycles. The van der Waals surface area contributed by atoms with Gasteiger partial charge < -0.3 is 14.3 Å². The number of aromatic nitrogens is 1. The summed E-state index contributed by atoms with van der Waals surface area (Å²) in [5.74, 6) is -0.160. The van der Waals surface area contributed by atoms with E-state index < -0.39 is 5.97 Å². The highest BCUT2D eigenvalue weighted by Gasteiger charge is 2.13. The number of aryl methyl sites for hydroxylation is 1. The number of hydrogen-bond donors (Lipinski definition) is 1. The van der Waals surface area contributed by atoms with E-state index >= 15 is 0 Å².